The van der Waals surface area contributed by atoms with Crippen LogP contribution in [0.25, 0.3) is 0 Å². The Balaban J connectivity index is 2.83. The lowest BCUT2D eigenvalue weighted by Crippen LogP contribution is -2.23. The predicted molar refractivity (Wildman–Crippen MR) is 47.2 cm³/mol. The van der Waals surface area contributed by atoms with Gasteiger partial charge in [0.1, 0.15) is 0 Å². The largest absolute Gasteiger partial charge is 0.347 e. The number of nitrogens with zero attached hydrogens (tertiary/aromatic N) is 2. The third kappa shape index (κ3) is 2.32. The molecule has 0 bridgehead atoms. The lowest BCUT2D eigenvalue weighted by Gasteiger charge is -2.02. The van der Waals surface area contributed by atoms with Crippen molar-refractivity contribution in [1.82, 2.24) is 9.55 Å². The molecule has 1 rings (SSSR count). The fraction of sp³-hybridized carbons (Fsp3) is 0.429. The molecule has 12 heavy (non-hydrogen) atoms. The minimum Gasteiger partial charge on any atom is -0.330 e. The first-order valence-corrected chi connectivity index (χ1v) is 4.04. The summed E-state index contributed by atoms with van der Waals surface area (Å²) >= 11 is 5.64. The lowest BCUT2D eigenvalue weighted by atomic mass is 10.4. The van der Waals surface area contributed by atoms with Gasteiger partial charge >= 0.3 is 5.69 Å². The Labute approximate surface area is 75.0 Å². The molecule has 1 aromatic heterocycles. The van der Waals surface area contributed by atoms with Gasteiger partial charge in [0, 0.05) is 12.7 Å². The monoisotopic (exact) mass is 187 g/mol. The van der Waals surface area contributed by atoms with E-state index in [-0.39, 0.29) is 5.69 Å². The SMILES string of the molecule is NCCCn1cc(Cl)cnc1=O. The van der Waals surface area contributed by atoms with Crippen molar-refractivity contribution in [3.05, 3.63) is 27.9 Å². The first-order chi connectivity index (χ1) is 5.74. The summed E-state index contributed by atoms with van der Waals surface area (Å²) in [7, 11) is 0. The van der Waals surface area contributed by atoms with Gasteiger partial charge in [0.25, 0.3) is 0 Å². The maximum Gasteiger partial charge on any atom is 0.347 e. The number of hydrogen-bond donors (Lipinski definition) is 1. The number of nitrogens with two attached hydrogens (primary N) is 1. The van der Waals surface area contributed by atoms with Crippen LogP contribution in [0.3, 0.4) is 0 Å². The molecule has 1 aromatic rings. The second kappa shape index (κ2) is 4.23. The van der Waals surface area contributed by atoms with Gasteiger partial charge in [0.05, 0.1) is 11.2 Å². The highest BCUT2D eigenvalue weighted by Crippen LogP contribution is 2.01. The summed E-state index contributed by atoms with van der Waals surface area (Å²) in [4.78, 5) is 14.6. The molecule has 66 valence electrons. The lowest BCUT2D eigenvalue weighted by molar-refractivity contribution is 0.614. The van der Waals surface area contributed by atoms with Crippen molar-refractivity contribution >= 4 is 11.6 Å². The van der Waals surface area contributed by atoms with Crippen LogP contribution in [0.15, 0.2) is 17.2 Å². The van der Waals surface area contributed by atoms with Crippen molar-refractivity contribution in [2.75, 3.05) is 6.54 Å². The number of rotatable bonds is 3. The van der Waals surface area contributed by atoms with Crippen LogP contribution in [0, 0.1) is 0 Å². The number of aromatic nitrogens is 2. The summed E-state index contributed by atoms with van der Waals surface area (Å²) in [6, 6.07) is 0. The van der Waals surface area contributed by atoms with E-state index >= 15 is 0 Å². The second-order valence-corrected chi connectivity index (χ2v) is 2.83. The van der Waals surface area contributed by atoms with E-state index in [1.165, 1.54) is 10.8 Å². The second-order valence-electron chi connectivity index (χ2n) is 2.39. The van der Waals surface area contributed by atoms with Gasteiger partial charge < -0.3 is 5.73 Å². The van der Waals surface area contributed by atoms with Crippen LogP contribution in [0.2, 0.25) is 5.02 Å². The van der Waals surface area contributed by atoms with Crippen molar-refractivity contribution in [3.8, 4) is 0 Å². The van der Waals surface area contributed by atoms with Gasteiger partial charge in [-0.15, -0.1) is 0 Å². The van der Waals surface area contributed by atoms with E-state index in [4.69, 9.17) is 17.3 Å². The molecule has 0 amide bonds. The first-order valence-electron chi connectivity index (χ1n) is 3.66. The van der Waals surface area contributed by atoms with E-state index in [9.17, 15) is 4.79 Å². The van der Waals surface area contributed by atoms with Gasteiger partial charge in [0.15, 0.2) is 0 Å². The molecule has 0 unspecified atom stereocenters. The molecule has 0 fully saturated rings. The zero-order chi connectivity index (χ0) is 8.97. The van der Waals surface area contributed by atoms with E-state index in [1.54, 1.807) is 6.20 Å². The molecule has 0 aliphatic carbocycles. The summed E-state index contributed by atoms with van der Waals surface area (Å²) < 4.78 is 1.45. The molecule has 0 saturated heterocycles. The molecule has 0 saturated carbocycles. The average Bonchev–Trinajstić information content (AvgIpc) is 2.07. The van der Waals surface area contributed by atoms with Crippen LogP contribution >= 0.6 is 11.6 Å². The molecule has 0 radical (unpaired) electrons. The summed E-state index contributed by atoms with van der Waals surface area (Å²) in [5.41, 5.74) is 5.01. The van der Waals surface area contributed by atoms with Gasteiger partial charge in [0.2, 0.25) is 0 Å². The van der Waals surface area contributed by atoms with Crippen LogP contribution in [0.4, 0.5) is 0 Å². The molecule has 2 N–H and O–H groups in total. The number of hydrogen-bond acceptors (Lipinski definition) is 3. The van der Waals surface area contributed by atoms with E-state index < -0.39 is 0 Å². The molecule has 0 aliphatic rings. The van der Waals surface area contributed by atoms with Gasteiger partial charge in [-0.3, -0.25) is 4.57 Å². The Bertz CT molecular complexity index is 310. The Morgan fingerprint density at radius 2 is 2.42 bits per heavy atom. The van der Waals surface area contributed by atoms with E-state index in [0.29, 0.717) is 18.1 Å². The van der Waals surface area contributed by atoms with E-state index in [0.717, 1.165) is 6.42 Å². The smallest absolute Gasteiger partial charge is 0.330 e. The summed E-state index contributed by atoms with van der Waals surface area (Å²) in [5, 5.41) is 0.464. The molecule has 0 spiro atoms. The summed E-state index contributed by atoms with van der Waals surface area (Å²) in [6.07, 6.45) is 3.65. The maximum atomic E-state index is 11.0. The normalized spacial score (nSPS) is 10.2. The Morgan fingerprint density at radius 3 is 3.08 bits per heavy atom. The maximum absolute atomic E-state index is 11.0. The average molecular weight is 188 g/mol. The highest BCUT2D eigenvalue weighted by molar-refractivity contribution is 6.30. The molecule has 0 aliphatic heterocycles. The van der Waals surface area contributed by atoms with Crippen LogP contribution in [-0.4, -0.2) is 16.1 Å². The van der Waals surface area contributed by atoms with Gasteiger partial charge in [-0.1, -0.05) is 11.6 Å². The van der Waals surface area contributed by atoms with E-state index in [2.05, 4.69) is 4.98 Å². The first kappa shape index (κ1) is 9.22. The Hall–Kier alpha value is -0.870. The van der Waals surface area contributed by atoms with Crippen LogP contribution in [0.5, 0.6) is 0 Å². The van der Waals surface area contributed by atoms with Crippen LogP contribution in [0.1, 0.15) is 6.42 Å². The highest BCUT2D eigenvalue weighted by Gasteiger charge is 1.96. The third-order valence-electron chi connectivity index (χ3n) is 1.43. The van der Waals surface area contributed by atoms with Crippen LogP contribution in [-0.2, 0) is 6.54 Å². The fourth-order valence-electron chi connectivity index (χ4n) is 0.850. The number of halogens is 1. The van der Waals surface area contributed by atoms with Crippen molar-refractivity contribution in [1.29, 1.82) is 0 Å². The molecule has 0 atom stereocenters. The van der Waals surface area contributed by atoms with Crippen LogP contribution < -0.4 is 11.4 Å². The van der Waals surface area contributed by atoms with Gasteiger partial charge in [-0.25, -0.2) is 9.78 Å². The minimum atomic E-state index is -0.284. The van der Waals surface area contributed by atoms with Crippen molar-refractivity contribution in [2.45, 2.75) is 13.0 Å². The molecule has 4 nitrogen and oxygen atoms in total. The predicted octanol–water partition coefficient (Wildman–Crippen LogP) is 0.245. The Morgan fingerprint density at radius 1 is 1.67 bits per heavy atom. The molecule has 1 heterocycles. The van der Waals surface area contributed by atoms with Gasteiger partial charge in [-0.2, -0.15) is 0 Å². The van der Waals surface area contributed by atoms with Gasteiger partial charge in [-0.05, 0) is 13.0 Å². The minimum absolute atomic E-state index is 0.284. The summed E-state index contributed by atoms with van der Waals surface area (Å²) in [6.45, 7) is 1.13. The third-order valence-corrected chi connectivity index (χ3v) is 1.62. The quantitative estimate of drug-likeness (QED) is 0.738. The topological polar surface area (TPSA) is 60.9 Å². The fourth-order valence-corrected chi connectivity index (χ4v) is 1.02. The summed E-state index contributed by atoms with van der Waals surface area (Å²) in [5.74, 6) is 0. The standard InChI is InChI=1S/C7H10ClN3O/c8-6-4-10-7(12)11(5-6)3-1-2-9/h4-5H,1-3,9H2. The number of aryl methyl sites for hydroxylation is 1. The molecule has 0 aromatic carbocycles. The molecular weight excluding hydrogens is 178 g/mol. The van der Waals surface area contributed by atoms with Crippen molar-refractivity contribution in [3.63, 3.8) is 0 Å². The molecule has 5 heteroatoms. The Kier molecular flexibility index (Phi) is 3.25. The zero-order valence-electron chi connectivity index (χ0n) is 6.53. The zero-order valence-corrected chi connectivity index (χ0v) is 7.29. The highest BCUT2D eigenvalue weighted by atomic mass is 35.5. The van der Waals surface area contributed by atoms with E-state index in [1.807, 2.05) is 0 Å². The van der Waals surface area contributed by atoms with Crippen molar-refractivity contribution < 1.29 is 0 Å². The van der Waals surface area contributed by atoms with Crippen molar-refractivity contribution in [2.24, 2.45) is 5.73 Å². The molecular formula is C7H10ClN3O.